The van der Waals surface area contributed by atoms with E-state index < -0.39 is 10.0 Å². The summed E-state index contributed by atoms with van der Waals surface area (Å²) in [6, 6.07) is 0. The van der Waals surface area contributed by atoms with E-state index in [1.807, 2.05) is 11.8 Å². The van der Waals surface area contributed by atoms with Gasteiger partial charge in [-0.3, -0.25) is 4.79 Å². The predicted octanol–water partition coefficient (Wildman–Crippen LogP) is 0.939. The number of morpholine rings is 1. The minimum atomic E-state index is -3.63. The summed E-state index contributed by atoms with van der Waals surface area (Å²) in [5, 5.41) is 3.74. The molecule has 0 radical (unpaired) electrons. The lowest BCUT2D eigenvalue weighted by atomic mass is 9.96. The molecule has 9 heteroatoms. The van der Waals surface area contributed by atoms with Crippen LogP contribution in [0.1, 0.15) is 31.2 Å². The summed E-state index contributed by atoms with van der Waals surface area (Å²) in [6.07, 6.45) is 1.12. The van der Waals surface area contributed by atoms with Gasteiger partial charge in [0, 0.05) is 32.1 Å². The number of carbonyl (C=O) groups is 1. The number of amides is 1. The fourth-order valence-electron chi connectivity index (χ4n) is 3.59. The van der Waals surface area contributed by atoms with E-state index in [0.717, 1.165) is 0 Å². The smallest absolute Gasteiger partial charge is 0.248 e. The van der Waals surface area contributed by atoms with Crippen molar-refractivity contribution in [3.05, 3.63) is 11.5 Å². The van der Waals surface area contributed by atoms with Crippen LogP contribution in [0.3, 0.4) is 0 Å². The van der Waals surface area contributed by atoms with Gasteiger partial charge in [-0.15, -0.1) is 0 Å². The highest BCUT2D eigenvalue weighted by atomic mass is 32.2. The van der Waals surface area contributed by atoms with Crippen molar-refractivity contribution in [2.75, 3.05) is 32.8 Å². The number of aromatic nitrogens is 1. The van der Waals surface area contributed by atoms with E-state index in [4.69, 9.17) is 9.26 Å². The van der Waals surface area contributed by atoms with Gasteiger partial charge < -0.3 is 14.2 Å². The second kappa shape index (κ2) is 7.05. The molecular weight excluding hydrogens is 346 g/mol. The second-order valence-corrected chi connectivity index (χ2v) is 8.67. The number of nitrogens with zero attached hydrogens (tertiary/aromatic N) is 3. The summed E-state index contributed by atoms with van der Waals surface area (Å²) in [4.78, 5) is 14.7. The molecule has 3 heterocycles. The molecule has 0 N–H and O–H groups in total. The largest absolute Gasteiger partial charge is 0.375 e. The average molecular weight is 371 g/mol. The first-order valence-corrected chi connectivity index (χ1v) is 10.1. The predicted molar refractivity (Wildman–Crippen MR) is 89.5 cm³/mol. The van der Waals surface area contributed by atoms with E-state index in [0.29, 0.717) is 57.1 Å². The van der Waals surface area contributed by atoms with Crippen molar-refractivity contribution >= 4 is 15.9 Å². The molecule has 0 bridgehead atoms. The number of hydrogen-bond acceptors (Lipinski definition) is 6. The van der Waals surface area contributed by atoms with E-state index >= 15 is 0 Å². The molecule has 2 saturated heterocycles. The summed E-state index contributed by atoms with van der Waals surface area (Å²) in [5.41, 5.74) is 0.373. The first kappa shape index (κ1) is 18.3. The number of rotatable bonds is 3. The third-order valence-corrected chi connectivity index (χ3v) is 7.07. The molecule has 3 rings (SSSR count). The Labute approximate surface area is 148 Å². The Bertz CT molecular complexity index is 717. The molecule has 0 aliphatic carbocycles. The Morgan fingerprint density at radius 1 is 1.20 bits per heavy atom. The third-order valence-electron chi connectivity index (χ3n) is 4.92. The molecule has 1 amide bonds. The number of sulfonamides is 1. The average Bonchev–Trinajstić information content (AvgIpc) is 2.93. The van der Waals surface area contributed by atoms with Crippen LogP contribution in [-0.4, -0.2) is 67.6 Å². The molecule has 1 aromatic rings. The highest BCUT2D eigenvalue weighted by molar-refractivity contribution is 7.89. The van der Waals surface area contributed by atoms with Gasteiger partial charge in [-0.2, -0.15) is 4.31 Å². The van der Waals surface area contributed by atoms with Crippen LogP contribution in [0.2, 0.25) is 0 Å². The molecule has 0 spiro atoms. The topological polar surface area (TPSA) is 93.0 Å². The number of carbonyl (C=O) groups excluding carboxylic acids is 1. The first-order valence-electron chi connectivity index (χ1n) is 8.64. The summed E-state index contributed by atoms with van der Waals surface area (Å²) >= 11 is 0. The third kappa shape index (κ3) is 3.58. The van der Waals surface area contributed by atoms with Gasteiger partial charge in [-0.1, -0.05) is 5.16 Å². The lowest BCUT2D eigenvalue weighted by Crippen LogP contribution is -2.49. The number of aryl methyl sites for hydroxylation is 2. The minimum absolute atomic E-state index is 0.0534. The molecular formula is C16H25N3O5S. The molecule has 2 fully saturated rings. The highest BCUT2D eigenvalue weighted by Crippen LogP contribution is 2.28. The summed E-state index contributed by atoms with van der Waals surface area (Å²) in [6.45, 7) is 7.63. The van der Waals surface area contributed by atoms with Crippen LogP contribution in [0.25, 0.3) is 0 Å². The van der Waals surface area contributed by atoms with Gasteiger partial charge in [-0.05, 0) is 33.6 Å². The van der Waals surface area contributed by atoms with Crippen LogP contribution in [0, 0.1) is 19.8 Å². The fourth-order valence-corrected chi connectivity index (χ4v) is 5.35. The maximum absolute atomic E-state index is 12.8. The maximum Gasteiger partial charge on any atom is 0.248 e. The SMILES string of the molecule is Cc1noc(C)c1S(=O)(=O)N1CCC(C(=O)N2CCO[C@H](C)C2)CC1. The molecule has 2 aliphatic heterocycles. The van der Waals surface area contributed by atoms with Gasteiger partial charge >= 0.3 is 0 Å². The van der Waals surface area contributed by atoms with Crippen LogP contribution < -0.4 is 0 Å². The van der Waals surface area contributed by atoms with Gasteiger partial charge in [0.25, 0.3) is 0 Å². The van der Waals surface area contributed by atoms with Crippen molar-refractivity contribution in [3.8, 4) is 0 Å². The fraction of sp³-hybridized carbons (Fsp3) is 0.750. The van der Waals surface area contributed by atoms with Crippen LogP contribution in [0.15, 0.2) is 9.42 Å². The zero-order valence-corrected chi connectivity index (χ0v) is 15.7. The molecule has 0 unspecified atom stereocenters. The number of piperidine rings is 1. The van der Waals surface area contributed by atoms with E-state index in [1.54, 1.807) is 13.8 Å². The Hall–Kier alpha value is -1.45. The van der Waals surface area contributed by atoms with Crippen molar-refractivity contribution < 1.29 is 22.5 Å². The van der Waals surface area contributed by atoms with Crippen molar-refractivity contribution in [2.45, 2.75) is 44.6 Å². The van der Waals surface area contributed by atoms with Crippen LogP contribution >= 0.6 is 0 Å². The zero-order chi connectivity index (χ0) is 18.2. The molecule has 1 aromatic heterocycles. The Morgan fingerprint density at radius 3 is 2.44 bits per heavy atom. The van der Waals surface area contributed by atoms with E-state index in [9.17, 15) is 13.2 Å². The first-order chi connectivity index (χ1) is 11.8. The standard InChI is InChI=1S/C16H25N3O5S/c1-11-10-18(8-9-23-11)16(20)14-4-6-19(7-5-14)25(21,22)15-12(2)17-24-13(15)3/h11,14H,4-10H2,1-3H3/t11-/m1/s1. The summed E-state index contributed by atoms with van der Waals surface area (Å²) in [7, 11) is -3.63. The van der Waals surface area contributed by atoms with Crippen LogP contribution in [-0.2, 0) is 19.6 Å². The van der Waals surface area contributed by atoms with Crippen molar-refractivity contribution in [3.63, 3.8) is 0 Å². The van der Waals surface area contributed by atoms with Crippen LogP contribution in [0.5, 0.6) is 0 Å². The number of hydrogen-bond donors (Lipinski definition) is 0. The zero-order valence-electron chi connectivity index (χ0n) is 14.9. The molecule has 0 aromatic carbocycles. The lowest BCUT2D eigenvalue weighted by molar-refractivity contribution is -0.143. The van der Waals surface area contributed by atoms with Crippen molar-refractivity contribution in [1.29, 1.82) is 0 Å². The number of ether oxygens (including phenoxy) is 1. The van der Waals surface area contributed by atoms with E-state index in [1.165, 1.54) is 4.31 Å². The summed E-state index contributed by atoms with van der Waals surface area (Å²) in [5.74, 6) is 0.295. The Balaban J connectivity index is 1.65. The quantitative estimate of drug-likeness (QED) is 0.785. The molecule has 1 atom stereocenters. The maximum atomic E-state index is 12.8. The molecule has 25 heavy (non-hydrogen) atoms. The van der Waals surface area contributed by atoms with Crippen LogP contribution in [0.4, 0.5) is 0 Å². The van der Waals surface area contributed by atoms with Gasteiger partial charge in [-0.25, -0.2) is 8.42 Å². The minimum Gasteiger partial charge on any atom is -0.375 e. The van der Waals surface area contributed by atoms with Crippen molar-refractivity contribution in [2.24, 2.45) is 5.92 Å². The van der Waals surface area contributed by atoms with E-state index in [2.05, 4.69) is 5.16 Å². The normalized spacial score (nSPS) is 23.8. The second-order valence-electron chi connectivity index (χ2n) is 6.80. The summed E-state index contributed by atoms with van der Waals surface area (Å²) < 4.78 is 37.6. The van der Waals surface area contributed by atoms with Gasteiger partial charge in [0.15, 0.2) is 5.76 Å². The molecule has 2 aliphatic rings. The van der Waals surface area contributed by atoms with Gasteiger partial charge in [0.05, 0.1) is 12.7 Å². The molecule has 8 nitrogen and oxygen atoms in total. The van der Waals surface area contributed by atoms with Crippen molar-refractivity contribution in [1.82, 2.24) is 14.4 Å². The Morgan fingerprint density at radius 2 is 1.88 bits per heavy atom. The monoisotopic (exact) mass is 371 g/mol. The van der Waals surface area contributed by atoms with Gasteiger partial charge in [0.1, 0.15) is 10.6 Å². The highest BCUT2D eigenvalue weighted by Gasteiger charge is 2.37. The Kier molecular flexibility index (Phi) is 5.17. The van der Waals surface area contributed by atoms with Gasteiger partial charge in [0.2, 0.25) is 15.9 Å². The molecule has 140 valence electrons. The molecule has 0 saturated carbocycles. The van der Waals surface area contributed by atoms with E-state index in [-0.39, 0.29) is 22.8 Å². The lowest BCUT2D eigenvalue weighted by Gasteiger charge is -2.36.